The lowest BCUT2D eigenvalue weighted by molar-refractivity contribution is -0.239. The van der Waals surface area contributed by atoms with Crippen LogP contribution in [0.4, 0.5) is 0 Å². The van der Waals surface area contributed by atoms with Crippen LogP contribution in [0.5, 0.6) is 0 Å². The maximum atomic E-state index is 11.6. The Labute approximate surface area is 112 Å². The van der Waals surface area contributed by atoms with E-state index in [4.69, 9.17) is 14.2 Å². The molecule has 7 nitrogen and oxygen atoms in total. The highest BCUT2D eigenvalue weighted by molar-refractivity contribution is 5.79. The Hall–Kier alpha value is -1.63. The van der Waals surface area contributed by atoms with Gasteiger partial charge in [0, 0.05) is 13.8 Å². The molecule has 0 amide bonds. The summed E-state index contributed by atoms with van der Waals surface area (Å²) < 4.78 is 19.6. The summed E-state index contributed by atoms with van der Waals surface area (Å²) in [5.41, 5.74) is -0.716. The summed E-state index contributed by atoms with van der Waals surface area (Å²) in [5, 5.41) is 0. The van der Waals surface area contributed by atoms with Gasteiger partial charge in [-0.05, 0) is 20.8 Å². The Bertz CT molecular complexity index is 342. The van der Waals surface area contributed by atoms with Gasteiger partial charge in [-0.3, -0.25) is 9.59 Å². The number of ether oxygens (including phenoxy) is 4. The van der Waals surface area contributed by atoms with Crippen molar-refractivity contribution in [1.82, 2.24) is 0 Å². The minimum Gasteiger partial charge on any atom is -0.466 e. The smallest absolute Gasteiger partial charge is 0.353 e. The van der Waals surface area contributed by atoms with Crippen molar-refractivity contribution >= 4 is 17.9 Å². The van der Waals surface area contributed by atoms with E-state index in [1.807, 2.05) is 0 Å². The number of hydrogen-bond donors (Lipinski definition) is 0. The minimum absolute atomic E-state index is 0.671. The highest BCUT2D eigenvalue weighted by Gasteiger charge is 2.38. The van der Waals surface area contributed by atoms with Crippen molar-refractivity contribution in [3.63, 3.8) is 0 Å². The van der Waals surface area contributed by atoms with Gasteiger partial charge in [0.2, 0.25) is 0 Å². The van der Waals surface area contributed by atoms with Crippen LogP contribution in [0, 0.1) is 0 Å². The normalized spacial score (nSPS) is 14.2. The van der Waals surface area contributed by atoms with Crippen LogP contribution in [0.1, 0.15) is 34.6 Å². The maximum Gasteiger partial charge on any atom is 0.353 e. The van der Waals surface area contributed by atoms with Gasteiger partial charge >= 0.3 is 17.9 Å². The fourth-order valence-electron chi connectivity index (χ4n) is 1.17. The number of methoxy groups -OCH3 is 1. The molecule has 0 aromatic rings. The quantitative estimate of drug-likeness (QED) is 0.417. The van der Waals surface area contributed by atoms with E-state index in [-0.39, 0.29) is 0 Å². The molecule has 0 aromatic heterocycles. The molecule has 0 spiro atoms. The third-order valence-electron chi connectivity index (χ3n) is 1.73. The van der Waals surface area contributed by atoms with E-state index in [1.165, 1.54) is 0 Å². The zero-order chi connectivity index (χ0) is 15.2. The van der Waals surface area contributed by atoms with E-state index >= 15 is 0 Å². The first-order valence-electron chi connectivity index (χ1n) is 5.67. The summed E-state index contributed by atoms with van der Waals surface area (Å²) in [7, 11) is 1.13. The lowest BCUT2D eigenvalue weighted by Crippen LogP contribution is -2.46. The summed E-state index contributed by atoms with van der Waals surface area (Å²) in [6.07, 6.45) is -2.83. The van der Waals surface area contributed by atoms with Gasteiger partial charge in [0.05, 0.1) is 12.7 Å². The molecule has 0 aliphatic rings. The van der Waals surface area contributed by atoms with Crippen LogP contribution in [0.2, 0.25) is 0 Å². The van der Waals surface area contributed by atoms with Crippen LogP contribution >= 0.6 is 0 Å². The lowest BCUT2D eigenvalue weighted by Gasteiger charge is -2.30. The second kappa shape index (κ2) is 7.08. The largest absolute Gasteiger partial charge is 0.466 e. The second-order valence-corrected chi connectivity index (χ2v) is 4.76. The molecule has 0 N–H and O–H groups in total. The molecule has 19 heavy (non-hydrogen) atoms. The molecule has 0 unspecified atom stereocenters. The summed E-state index contributed by atoms with van der Waals surface area (Å²) in [5.74, 6) is -2.26. The molecular formula is C12H20O7. The van der Waals surface area contributed by atoms with Crippen LogP contribution < -0.4 is 0 Å². The van der Waals surface area contributed by atoms with Crippen molar-refractivity contribution in [3.05, 3.63) is 0 Å². The van der Waals surface area contributed by atoms with Gasteiger partial charge in [-0.15, -0.1) is 0 Å². The van der Waals surface area contributed by atoms with Crippen molar-refractivity contribution < 1.29 is 33.3 Å². The molecule has 2 atom stereocenters. The molecule has 110 valence electrons. The topological polar surface area (TPSA) is 88.1 Å². The first-order valence-corrected chi connectivity index (χ1v) is 5.67. The Morgan fingerprint density at radius 2 is 1.42 bits per heavy atom. The van der Waals surface area contributed by atoms with Crippen LogP contribution in [0.15, 0.2) is 0 Å². The van der Waals surface area contributed by atoms with Gasteiger partial charge in [-0.25, -0.2) is 4.79 Å². The fraction of sp³-hybridized carbons (Fsp3) is 0.750. The van der Waals surface area contributed by atoms with Crippen molar-refractivity contribution in [3.8, 4) is 0 Å². The molecule has 0 aromatic carbocycles. The van der Waals surface area contributed by atoms with E-state index in [0.717, 1.165) is 21.0 Å². The van der Waals surface area contributed by atoms with Gasteiger partial charge < -0.3 is 18.9 Å². The Kier molecular flexibility index (Phi) is 6.47. The molecule has 0 saturated heterocycles. The summed E-state index contributed by atoms with van der Waals surface area (Å²) in [6.45, 7) is 7.38. The molecule has 0 rings (SSSR count). The molecule has 0 saturated carbocycles. The van der Waals surface area contributed by atoms with E-state index in [9.17, 15) is 14.4 Å². The standard InChI is InChI=1S/C12H20O7/c1-7(13)17-9(10(15)16-6)11(18-8(2)14)19-12(3,4)5/h9,11H,1-6H3/t9-,11+/m0/s1. The molecule has 0 aliphatic carbocycles. The molecule has 7 heteroatoms. The van der Waals surface area contributed by atoms with E-state index in [2.05, 4.69) is 4.74 Å². The second-order valence-electron chi connectivity index (χ2n) is 4.76. The van der Waals surface area contributed by atoms with Crippen molar-refractivity contribution in [1.29, 1.82) is 0 Å². The van der Waals surface area contributed by atoms with Crippen LogP contribution in [0.25, 0.3) is 0 Å². The molecule has 0 radical (unpaired) electrons. The van der Waals surface area contributed by atoms with E-state index in [1.54, 1.807) is 20.8 Å². The Morgan fingerprint density at radius 1 is 0.947 bits per heavy atom. The lowest BCUT2D eigenvalue weighted by atomic mass is 10.2. The highest BCUT2D eigenvalue weighted by atomic mass is 16.7. The first kappa shape index (κ1) is 17.4. The predicted octanol–water partition coefficient (Wildman–Crippen LogP) is 0.795. The average molecular weight is 276 g/mol. The SMILES string of the molecule is COC(=O)[C@H](OC(C)=O)[C@H](OC(C)=O)OC(C)(C)C. The predicted molar refractivity (Wildman–Crippen MR) is 64.0 cm³/mol. The van der Waals surface area contributed by atoms with Gasteiger partial charge in [-0.2, -0.15) is 0 Å². The van der Waals surface area contributed by atoms with Crippen molar-refractivity contribution in [2.75, 3.05) is 7.11 Å². The van der Waals surface area contributed by atoms with E-state index in [0.29, 0.717) is 0 Å². The van der Waals surface area contributed by atoms with Gasteiger partial charge in [0.25, 0.3) is 12.4 Å². The zero-order valence-corrected chi connectivity index (χ0v) is 12.0. The molecule has 0 heterocycles. The van der Waals surface area contributed by atoms with Gasteiger partial charge in [0.1, 0.15) is 0 Å². The Morgan fingerprint density at radius 3 is 1.74 bits per heavy atom. The number of carbonyl (C=O) groups excluding carboxylic acids is 3. The van der Waals surface area contributed by atoms with Gasteiger partial charge in [-0.1, -0.05) is 0 Å². The fourth-order valence-corrected chi connectivity index (χ4v) is 1.17. The number of hydrogen-bond acceptors (Lipinski definition) is 7. The monoisotopic (exact) mass is 276 g/mol. The molecule has 0 aliphatic heterocycles. The summed E-state index contributed by atoms with van der Waals surface area (Å²) in [4.78, 5) is 33.6. The number of esters is 3. The Balaban J connectivity index is 5.15. The zero-order valence-electron chi connectivity index (χ0n) is 12.0. The minimum atomic E-state index is -1.47. The summed E-state index contributed by atoms with van der Waals surface area (Å²) >= 11 is 0. The molecular weight excluding hydrogens is 256 g/mol. The van der Waals surface area contributed by atoms with Crippen LogP contribution in [-0.4, -0.2) is 43.0 Å². The third kappa shape index (κ3) is 7.40. The number of rotatable bonds is 5. The molecule has 0 bridgehead atoms. The van der Waals surface area contributed by atoms with Crippen LogP contribution in [0.3, 0.4) is 0 Å². The number of carbonyl (C=O) groups is 3. The summed E-state index contributed by atoms with van der Waals surface area (Å²) in [6, 6.07) is 0. The van der Waals surface area contributed by atoms with Gasteiger partial charge in [0.15, 0.2) is 0 Å². The average Bonchev–Trinajstić information content (AvgIpc) is 2.21. The third-order valence-corrected chi connectivity index (χ3v) is 1.73. The maximum absolute atomic E-state index is 11.6. The van der Waals surface area contributed by atoms with Crippen LogP contribution in [-0.2, 0) is 33.3 Å². The van der Waals surface area contributed by atoms with Crippen molar-refractivity contribution in [2.45, 2.75) is 52.6 Å². The molecule has 0 fully saturated rings. The van der Waals surface area contributed by atoms with E-state index < -0.39 is 35.9 Å². The van der Waals surface area contributed by atoms with Crippen molar-refractivity contribution in [2.24, 2.45) is 0 Å². The first-order chi connectivity index (χ1) is 8.56. The highest BCUT2D eigenvalue weighted by Crippen LogP contribution is 2.17.